The van der Waals surface area contributed by atoms with E-state index in [4.69, 9.17) is 9.47 Å². The summed E-state index contributed by atoms with van der Waals surface area (Å²) in [5.41, 5.74) is 3.40. The van der Waals surface area contributed by atoms with Gasteiger partial charge in [-0.05, 0) is 35.9 Å². The van der Waals surface area contributed by atoms with Crippen LogP contribution in [-0.2, 0) is 0 Å². The molecule has 0 bridgehead atoms. The number of rotatable bonds is 4. The van der Waals surface area contributed by atoms with Crippen molar-refractivity contribution in [3.8, 4) is 11.5 Å². The van der Waals surface area contributed by atoms with Gasteiger partial charge in [-0.3, -0.25) is 14.9 Å². The molecule has 1 aliphatic heterocycles. The van der Waals surface area contributed by atoms with E-state index in [1.807, 2.05) is 0 Å². The number of amides is 1. The minimum atomic E-state index is -0.482. The van der Waals surface area contributed by atoms with Crippen LogP contribution in [0.5, 0.6) is 11.5 Å². The molecule has 0 saturated carbocycles. The van der Waals surface area contributed by atoms with Crippen molar-refractivity contribution in [1.29, 1.82) is 0 Å². The molecule has 1 N–H and O–H groups in total. The van der Waals surface area contributed by atoms with Crippen LogP contribution in [0.1, 0.15) is 15.9 Å². The van der Waals surface area contributed by atoms with Gasteiger partial charge in [-0.2, -0.15) is 5.10 Å². The largest absolute Gasteiger partial charge is 0.486 e. The number of nitro groups is 1. The Morgan fingerprint density at radius 2 is 1.83 bits per heavy atom. The first-order chi connectivity index (χ1) is 11.6. The van der Waals surface area contributed by atoms with Crippen LogP contribution in [0.4, 0.5) is 5.69 Å². The van der Waals surface area contributed by atoms with Crippen molar-refractivity contribution in [1.82, 2.24) is 5.43 Å². The number of nitro benzene ring substituents is 1. The van der Waals surface area contributed by atoms with Crippen LogP contribution >= 0.6 is 0 Å². The fraction of sp³-hybridized carbons (Fsp3) is 0.125. The minimum absolute atomic E-state index is 0.00698. The summed E-state index contributed by atoms with van der Waals surface area (Å²) in [7, 11) is 0. The van der Waals surface area contributed by atoms with Crippen LogP contribution in [0, 0.1) is 10.1 Å². The lowest BCUT2D eigenvalue weighted by Crippen LogP contribution is -2.19. The number of hydrogen-bond acceptors (Lipinski definition) is 6. The van der Waals surface area contributed by atoms with Crippen molar-refractivity contribution < 1.29 is 19.2 Å². The first-order valence-electron chi connectivity index (χ1n) is 7.11. The molecule has 1 heterocycles. The van der Waals surface area contributed by atoms with Gasteiger partial charge in [-0.1, -0.05) is 0 Å². The summed E-state index contributed by atoms with van der Waals surface area (Å²) in [5.74, 6) is 0.727. The van der Waals surface area contributed by atoms with Crippen LogP contribution in [0.2, 0.25) is 0 Å². The maximum absolute atomic E-state index is 12.1. The average molecular weight is 327 g/mol. The van der Waals surface area contributed by atoms with Crippen LogP contribution in [0.15, 0.2) is 47.6 Å². The predicted octanol–water partition coefficient (Wildman–Crippen LogP) is 2.13. The topological polar surface area (TPSA) is 103 Å². The molecule has 8 heteroatoms. The molecule has 0 saturated heterocycles. The lowest BCUT2D eigenvalue weighted by atomic mass is 10.2. The summed E-state index contributed by atoms with van der Waals surface area (Å²) in [5, 5.41) is 14.4. The van der Waals surface area contributed by atoms with Gasteiger partial charge in [0, 0.05) is 17.7 Å². The predicted molar refractivity (Wildman–Crippen MR) is 85.6 cm³/mol. The van der Waals surface area contributed by atoms with E-state index in [0.717, 1.165) is 0 Å². The third kappa shape index (κ3) is 3.49. The molecule has 0 atom stereocenters. The third-order valence-electron chi connectivity index (χ3n) is 3.29. The lowest BCUT2D eigenvalue weighted by molar-refractivity contribution is -0.384. The van der Waals surface area contributed by atoms with Gasteiger partial charge in [-0.15, -0.1) is 0 Å². The normalized spacial score (nSPS) is 12.8. The molecule has 122 valence electrons. The fourth-order valence-corrected chi connectivity index (χ4v) is 2.10. The van der Waals surface area contributed by atoms with Gasteiger partial charge < -0.3 is 9.47 Å². The van der Waals surface area contributed by atoms with E-state index in [1.54, 1.807) is 18.2 Å². The number of carbonyl (C=O) groups is 1. The second-order valence-electron chi connectivity index (χ2n) is 4.91. The molecule has 1 aliphatic rings. The molecule has 2 aromatic carbocycles. The first kappa shape index (κ1) is 15.5. The summed E-state index contributed by atoms with van der Waals surface area (Å²) in [6.45, 7) is 0.925. The summed E-state index contributed by atoms with van der Waals surface area (Å²) < 4.78 is 10.8. The summed E-state index contributed by atoms with van der Waals surface area (Å²) in [4.78, 5) is 22.1. The number of non-ortho nitro benzene ring substituents is 1. The van der Waals surface area contributed by atoms with Gasteiger partial charge in [0.25, 0.3) is 11.6 Å². The Morgan fingerprint density at radius 1 is 1.12 bits per heavy atom. The van der Waals surface area contributed by atoms with E-state index in [-0.39, 0.29) is 5.69 Å². The smallest absolute Gasteiger partial charge is 0.271 e. The van der Waals surface area contributed by atoms with Crippen LogP contribution in [-0.4, -0.2) is 30.3 Å². The van der Waals surface area contributed by atoms with Crippen molar-refractivity contribution in [2.75, 3.05) is 13.2 Å². The minimum Gasteiger partial charge on any atom is -0.486 e. The zero-order chi connectivity index (χ0) is 16.9. The van der Waals surface area contributed by atoms with Crippen molar-refractivity contribution >= 4 is 17.8 Å². The summed E-state index contributed by atoms with van der Waals surface area (Å²) in [6.07, 6.45) is 1.40. The maximum atomic E-state index is 12.1. The Balaban J connectivity index is 1.63. The fourth-order valence-electron chi connectivity index (χ4n) is 2.10. The number of hydrazone groups is 1. The average Bonchev–Trinajstić information content (AvgIpc) is 2.61. The standard InChI is InChI=1S/C16H13N3O5/c20-16(12-3-6-14-15(9-12)24-8-7-23-14)18-17-10-11-1-4-13(5-2-11)19(21)22/h1-6,9-10H,7-8H2,(H,18,20)/b17-10-. The number of hydrogen-bond donors (Lipinski definition) is 1. The summed E-state index contributed by atoms with van der Waals surface area (Å²) in [6, 6.07) is 10.7. The highest BCUT2D eigenvalue weighted by Crippen LogP contribution is 2.30. The molecule has 8 nitrogen and oxygen atoms in total. The highest BCUT2D eigenvalue weighted by atomic mass is 16.6. The zero-order valence-corrected chi connectivity index (χ0v) is 12.5. The van der Waals surface area contributed by atoms with Gasteiger partial charge in [-0.25, -0.2) is 5.43 Å². The summed E-state index contributed by atoms with van der Waals surface area (Å²) >= 11 is 0. The van der Waals surface area contributed by atoms with E-state index in [2.05, 4.69) is 10.5 Å². The number of nitrogens with one attached hydrogen (secondary N) is 1. The highest BCUT2D eigenvalue weighted by Gasteiger charge is 2.14. The lowest BCUT2D eigenvalue weighted by Gasteiger charge is -2.18. The van der Waals surface area contributed by atoms with E-state index in [0.29, 0.717) is 35.8 Å². The van der Waals surface area contributed by atoms with E-state index < -0.39 is 10.8 Å². The van der Waals surface area contributed by atoms with Gasteiger partial charge in [0.05, 0.1) is 11.1 Å². The van der Waals surface area contributed by atoms with Crippen molar-refractivity contribution in [2.24, 2.45) is 5.10 Å². The number of ether oxygens (including phenoxy) is 2. The van der Waals surface area contributed by atoms with E-state index in [9.17, 15) is 14.9 Å². The Morgan fingerprint density at radius 3 is 2.54 bits per heavy atom. The molecule has 0 radical (unpaired) electrons. The number of nitrogens with zero attached hydrogens (tertiary/aromatic N) is 2. The second kappa shape index (κ2) is 6.78. The SMILES string of the molecule is O=C(N/N=C\c1ccc([N+](=O)[O-])cc1)c1ccc2c(c1)OCCO2. The van der Waals surface area contributed by atoms with Gasteiger partial charge in [0.15, 0.2) is 11.5 Å². The van der Waals surface area contributed by atoms with E-state index >= 15 is 0 Å². The molecule has 2 aromatic rings. The van der Waals surface area contributed by atoms with Crippen molar-refractivity contribution in [3.63, 3.8) is 0 Å². The molecular formula is C16H13N3O5. The molecule has 0 spiro atoms. The van der Waals surface area contributed by atoms with Gasteiger partial charge in [0.2, 0.25) is 0 Å². The molecule has 0 aromatic heterocycles. The molecule has 0 fully saturated rings. The molecule has 0 aliphatic carbocycles. The molecule has 24 heavy (non-hydrogen) atoms. The van der Waals surface area contributed by atoms with Crippen molar-refractivity contribution in [3.05, 3.63) is 63.7 Å². The monoisotopic (exact) mass is 327 g/mol. The Hall–Kier alpha value is -3.42. The Kier molecular flexibility index (Phi) is 4.37. The Bertz CT molecular complexity index is 802. The quantitative estimate of drug-likeness (QED) is 0.526. The Labute approximate surface area is 136 Å². The maximum Gasteiger partial charge on any atom is 0.271 e. The van der Waals surface area contributed by atoms with Gasteiger partial charge >= 0.3 is 0 Å². The van der Waals surface area contributed by atoms with Crippen molar-refractivity contribution in [2.45, 2.75) is 0 Å². The first-order valence-corrected chi connectivity index (χ1v) is 7.11. The molecule has 0 unspecified atom stereocenters. The van der Waals surface area contributed by atoms with Crippen LogP contribution in [0.3, 0.4) is 0 Å². The number of benzene rings is 2. The third-order valence-corrected chi connectivity index (χ3v) is 3.29. The highest BCUT2D eigenvalue weighted by molar-refractivity contribution is 5.95. The number of carbonyl (C=O) groups excluding carboxylic acids is 1. The van der Waals surface area contributed by atoms with E-state index in [1.165, 1.54) is 30.5 Å². The zero-order valence-electron chi connectivity index (χ0n) is 12.5. The van der Waals surface area contributed by atoms with Crippen LogP contribution < -0.4 is 14.9 Å². The molecular weight excluding hydrogens is 314 g/mol. The van der Waals surface area contributed by atoms with Crippen LogP contribution in [0.25, 0.3) is 0 Å². The second-order valence-corrected chi connectivity index (χ2v) is 4.91. The van der Waals surface area contributed by atoms with Gasteiger partial charge in [0.1, 0.15) is 13.2 Å². The molecule has 1 amide bonds. The molecule has 3 rings (SSSR count). The number of fused-ring (bicyclic) bond motifs is 1.